The maximum Gasteiger partial charge on any atom is 0.450 e. The molecule has 88 valence electrons. The van der Waals surface area contributed by atoms with E-state index in [9.17, 15) is 18.0 Å². The van der Waals surface area contributed by atoms with Gasteiger partial charge in [-0.3, -0.25) is 4.79 Å². The lowest BCUT2D eigenvalue weighted by molar-refractivity contribution is -0.170. The maximum absolute atomic E-state index is 11.9. The highest BCUT2D eigenvalue weighted by molar-refractivity contribution is 5.85. The highest BCUT2D eigenvalue weighted by Crippen LogP contribution is 2.45. The van der Waals surface area contributed by atoms with Crippen molar-refractivity contribution in [2.45, 2.75) is 37.8 Å². The molecule has 0 saturated heterocycles. The van der Waals surface area contributed by atoms with Gasteiger partial charge in [0.1, 0.15) is 0 Å². The Kier molecular flexibility index (Phi) is 2.28. The Labute approximate surface area is 88.8 Å². The predicted octanol–water partition coefficient (Wildman–Crippen LogP) is 1.79. The Morgan fingerprint density at radius 2 is 2.12 bits per heavy atom. The van der Waals surface area contributed by atoms with E-state index in [1.54, 1.807) is 0 Å². The van der Waals surface area contributed by atoms with Gasteiger partial charge in [0.25, 0.3) is 0 Å². The van der Waals surface area contributed by atoms with Gasteiger partial charge in [0.15, 0.2) is 5.82 Å². The van der Waals surface area contributed by atoms with E-state index in [4.69, 9.17) is 0 Å². The number of alkyl halides is 3. The number of rotatable bonds is 3. The van der Waals surface area contributed by atoms with Crippen molar-refractivity contribution >= 4 is 5.78 Å². The van der Waals surface area contributed by atoms with Crippen LogP contribution in [0.3, 0.4) is 0 Å². The Balaban J connectivity index is 2.06. The fourth-order valence-electron chi connectivity index (χ4n) is 1.22. The quantitative estimate of drug-likeness (QED) is 0.800. The van der Waals surface area contributed by atoms with E-state index in [0.717, 1.165) is 12.8 Å². The molecule has 2 rings (SSSR count). The van der Waals surface area contributed by atoms with Crippen LogP contribution in [0.2, 0.25) is 0 Å². The largest absolute Gasteiger partial charge is 0.450 e. The minimum Gasteiger partial charge on any atom is -0.339 e. The second-order valence-electron chi connectivity index (χ2n) is 4.17. The van der Waals surface area contributed by atoms with Crippen molar-refractivity contribution in [3.05, 3.63) is 11.7 Å². The van der Waals surface area contributed by atoms with Crippen molar-refractivity contribution in [3.63, 3.8) is 0 Å². The van der Waals surface area contributed by atoms with Crippen LogP contribution in [0.25, 0.3) is 0 Å². The van der Waals surface area contributed by atoms with Crippen LogP contribution in [0.1, 0.15) is 31.5 Å². The van der Waals surface area contributed by atoms with E-state index in [0.29, 0.717) is 5.82 Å². The second kappa shape index (κ2) is 3.29. The standard InChI is InChI=1S/C9H9F3N2O2/c1-8(2-3-8)7-13-6(16-14-7)4-5(15)9(10,11)12/h2-4H2,1H3. The number of carbonyl (C=O) groups excluding carboxylic acids is 1. The van der Waals surface area contributed by atoms with E-state index in [1.165, 1.54) is 0 Å². The third-order valence-corrected chi connectivity index (χ3v) is 2.64. The van der Waals surface area contributed by atoms with Gasteiger partial charge in [-0.25, -0.2) is 0 Å². The molecule has 0 amide bonds. The molecule has 1 aliphatic rings. The zero-order valence-electron chi connectivity index (χ0n) is 8.47. The van der Waals surface area contributed by atoms with Gasteiger partial charge < -0.3 is 4.52 Å². The topological polar surface area (TPSA) is 56.0 Å². The van der Waals surface area contributed by atoms with Crippen molar-refractivity contribution in [1.29, 1.82) is 0 Å². The predicted molar refractivity (Wildman–Crippen MR) is 45.7 cm³/mol. The van der Waals surface area contributed by atoms with Crippen LogP contribution in [0, 0.1) is 0 Å². The summed E-state index contributed by atoms with van der Waals surface area (Å²) in [7, 11) is 0. The van der Waals surface area contributed by atoms with E-state index in [1.807, 2.05) is 6.92 Å². The third kappa shape index (κ3) is 2.07. The van der Waals surface area contributed by atoms with Crippen molar-refractivity contribution in [1.82, 2.24) is 10.1 Å². The highest BCUT2D eigenvalue weighted by Gasteiger charge is 2.44. The van der Waals surface area contributed by atoms with Crippen LogP contribution in [0.15, 0.2) is 4.52 Å². The first kappa shape index (κ1) is 11.1. The second-order valence-corrected chi connectivity index (χ2v) is 4.17. The van der Waals surface area contributed by atoms with Crippen molar-refractivity contribution < 1.29 is 22.5 Å². The smallest absolute Gasteiger partial charge is 0.339 e. The average Bonchev–Trinajstić information content (AvgIpc) is 2.75. The molecule has 0 aromatic carbocycles. The molecule has 0 radical (unpaired) electrons. The van der Waals surface area contributed by atoms with Gasteiger partial charge in [-0.1, -0.05) is 12.1 Å². The number of hydrogen-bond acceptors (Lipinski definition) is 4. The summed E-state index contributed by atoms with van der Waals surface area (Å²) in [6, 6.07) is 0. The number of nitrogens with zero attached hydrogens (tertiary/aromatic N) is 2. The monoisotopic (exact) mass is 234 g/mol. The number of aromatic nitrogens is 2. The number of hydrogen-bond donors (Lipinski definition) is 0. The van der Waals surface area contributed by atoms with Gasteiger partial charge in [0.2, 0.25) is 11.7 Å². The fraction of sp³-hybridized carbons (Fsp3) is 0.667. The SMILES string of the molecule is CC1(c2noc(CC(=O)C(F)(F)F)n2)CC1. The summed E-state index contributed by atoms with van der Waals surface area (Å²) in [6.45, 7) is 1.90. The fourth-order valence-corrected chi connectivity index (χ4v) is 1.22. The molecule has 1 saturated carbocycles. The summed E-state index contributed by atoms with van der Waals surface area (Å²) in [5.74, 6) is -1.76. The number of carbonyl (C=O) groups is 1. The summed E-state index contributed by atoms with van der Waals surface area (Å²) >= 11 is 0. The normalized spacial score (nSPS) is 18.5. The molecule has 1 aromatic heterocycles. The van der Waals surface area contributed by atoms with Crippen LogP contribution >= 0.6 is 0 Å². The Bertz CT molecular complexity index is 421. The average molecular weight is 234 g/mol. The lowest BCUT2D eigenvalue weighted by atomic mass is 10.1. The molecular formula is C9H9F3N2O2. The molecule has 0 spiro atoms. The first-order valence-corrected chi connectivity index (χ1v) is 4.74. The molecule has 16 heavy (non-hydrogen) atoms. The number of Topliss-reactive ketones (excluding diaryl/α,β-unsaturated/α-hetero) is 1. The van der Waals surface area contributed by atoms with Gasteiger partial charge in [-0.15, -0.1) is 0 Å². The molecule has 1 heterocycles. The zero-order chi connectivity index (χ0) is 12.0. The summed E-state index contributed by atoms with van der Waals surface area (Å²) in [5, 5.41) is 3.58. The van der Waals surface area contributed by atoms with Crippen LogP contribution < -0.4 is 0 Å². The van der Waals surface area contributed by atoms with Crippen LogP contribution in [-0.4, -0.2) is 22.1 Å². The Hall–Kier alpha value is -1.40. The summed E-state index contributed by atoms with van der Waals surface area (Å²) in [4.78, 5) is 14.5. The first-order chi connectivity index (χ1) is 7.31. The highest BCUT2D eigenvalue weighted by atomic mass is 19.4. The van der Waals surface area contributed by atoms with Crippen LogP contribution in [0.5, 0.6) is 0 Å². The summed E-state index contributed by atoms with van der Waals surface area (Å²) < 4.78 is 40.5. The summed E-state index contributed by atoms with van der Waals surface area (Å²) in [5.41, 5.74) is -0.178. The van der Waals surface area contributed by atoms with E-state index >= 15 is 0 Å². The van der Waals surface area contributed by atoms with Gasteiger partial charge in [0, 0.05) is 5.41 Å². The number of halogens is 3. The molecule has 0 unspecified atom stereocenters. The minimum atomic E-state index is -4.85. The summed E-state index contributed by atoms with van der Waals surface area (Å²) in [6.07, 6.45) is -3.96. The molecule has 4 nitrogen and oxygen atoms in total. The molecule has 0 bridgehead atoms. The number of ketones is 1. The molecule has 1 fully saturated rings. The molecule has 7 heteroatoms. The van der Waals surface area contributed by atoms with Crippen LogP contribution in [0.4, 0.5) is 13.2 Å². The zero-order valence-corrected chi connectivity index (χ0v) is 8.47. The molecule has 0 aliphatic heterocycles. The van der Waals surface area contributed by atoms with Crippen molar-refractivity contribution in [2.75, 3.05) is 0 Å². The molecule has 1 aliphatic carbocycles. The van der Waals surface area contributed by atoms with E-state index < -0.39 is 18.4 Å². The minimum absolute atomic E-state index is 0.178. The van der Waals surface area contributed by atoms with Crippen molar-refractivity contribution in [2.24, 2.45) is 0 Å². The Morgan fingerprint density at radius 1 is 1.50 bits per heavy atom. The first-order valence-electron chi connectivity index (χ1n) is 4.74. The van der Waals surface area contributed by atoms with Gasteiger partial charge >= 0.3 is 6.18 Å². The lowest BCUT2D eigenvalue weighted by Gasteiger charge is -2.01. The lowest BCUT2D eigenvalue weighted by Crippen LogP contribution is -2.24. The van der Waals surface area contributed by atoms with Crippen LogP contribution in [-0.2, 0) is 16.6 Å². The van der Waals surface area contributed by atoms with Crippen molar-refractivity contribution in [3.8, 4) is 0 Å². The van der Waals surface area contributed by atoms with Gasteiger partial charge in [-0.2, -0.15) is 18.2 Å². The van der Waals surface area contributed by atoms with E-state index in [2.05, 4.69) is 14.7 Å². The van der Waals surface area contributed by atoms with Gasteiger partial charge in [0.05, 0.1) is 6.42 Å². The third-order valence-electron chi connectivity index (χ3n) is 2.64. The molecular weight excluding hydrogens is 225 g/mol. The molecule has 1 aromatic rings. The van der Waals surface area contributed by atoms with E-state index in [-0.39, 0.29) is 11.3 Å². The molecule has 0 N–H and O–H groups in total. The molecule has 0 atom stereocenters. The Morgan fingerprint density at radius 3 is 2.62 bits per heavy atom. The maximum atomic E-state index is 11.9. The van der Waals surface area contributed by atoms with Gasteiger partial charge in [-0.05, 0) is 12.8 Å².